The number of nitrogens with zero attached hydrogens (tertiary/aromatic N) is 3. The molecule has 0 spiro atoms. The van der Waals surface area contributed by atoms with Crippen LogP contribution in [-0.4, -0.2) is 66.4 Å². The molecule has 2 N–H and O–H groups in total. The van der Waals surface area contributed by atoms with Crippen molar-refractivity contribution >= 4 is 18.3 Å². The van der Waals surface area contributed by atoms with Crippen molar-refractivity contribution in [3.63, 3.8) is 0 Å². The van der Waals surface area contributed by atoms with Gasteiger partial charge in [-0.25, -0.2) is 0 Å². The summed E-state index contributed by atoms with van der Waals surface area (Å²) >= 11 is 0. The molecule has 0 saturated carbocycles. The van der Waals surface area contributed by atoms with E-state index in [4.69, 9.17) is 9.26 Å². The van der Waals surface area contributed by atoms with Crippen LogP contribution in [0.4, 0.5) is 0 Å². The van der Waals surface area contributed by atoms with Crippen molar-refractivity contribution in [2.75, 3.05) is 39.4 Å². The molecule has 2 fully saturated rings. The van der Waals surface area contributed by atoms with Crippen molar-refractivity contribution in [2.24, 2.45) is 0 Å². The van der Waals surface area contributed by atoms with Crippen molar-refractivity contribution < 1.29 is 14.1 Å². The standard InChI is InChI=1S/C20H27N5O3.ClH/c26-20(17-2-1-8-21-17)22-9-7-18-23-19(24-28-18)16-5-3-15(4-6-16)14-25-10-12-27-13-11-25;/h3-6,17,21H,1-2,7-14H2,(H,22,26);1H. The number of halogens is 1. The fraction of sp³-hybridized carbons (Fsp3) is 0.550. The third-order valence-corrected chi connectivity index (χ3v) is 5.21. The fourth-order valence-corrected chi connectivity index (χ4v) is 3.57. The first-order chi connectivity index (χ1) is 13.8. The Kier molecular flexibility index (Phi) is 8.00. The summed E-state index contributed by atoms with van der Waals surface area (Å²) in [6.45, 7) is 5.90. The van der Waals surface area contributed by atoms with E-state index >= 15 is 0 Å². The van der Waals surface area contributed by atoms with Gasteiger partial charge in [0.15, 0.2) is 0 Å². The average molecular weight is 422 g/mol. The summed E-state index contributed by atoms with van der Waals surface area (Å²) in [6, 6.07) is 8.20. The summed E-state index contributed by atoms with van der Waals surface area (Å²) in [7, 11) is 0. The Bertz CT molecular complexity index is 771. The second-order valence-electron chi connectivity index (χ2n) is 7.29. The maximum absolute atomic E-state index is 12.0. The van der Waals surface area contributed by atoms with Crippen LogP contribution in [0, 0.1) is 0 Å². The van der Waals surface area contributed by atoms with E-state index in [1.54, 1.807) is 0 Å². The minimum atomic E-state index is -0.0609. The number of morpholine rings is 1. The highest BCUT2D eigenvalue weighted by Gasteiger charge is 2.21. The third kappa shape index (κ3) is 5.99. The molecule has 1 unspecified atom stereocenters. The molecule has 3 heterocycles. The SMILES string of the molecule is Cl.O=C(NCCc1nc(-c2ccc(CN3CCOCC3)cc2)no1)C1CCCN1. The Morgan fingerprint density at radius 3 is 2.76 bits per heavy atom. The average Bonchev–Trinajstić information content (AvgIpc) is 3.42. The summed E-state index contributed by atoms with van der Waals surface area (Å²) in [4.78, 5) is 18.8. The number of nitrogens with one attached hydrogen (secondary N) is 2. The first-order valence-corrected chi connectivity index (χ1v) is 10.0. The van der Waals surface area contributed by atoms with Gasteiger partial charge in [-0.2, -0.15) is 4.98 Å². The molecule has 1 atom stereocenters. The Labute approximate surface area is 176 Å². The molecule has 8 nitrogen and oxygen atoms in total. The van der Waals surface area contributed by atoms with E-state index in [2.05, 4.69) is 37.8 Å². The van der Waals surface area contributed by atoms with Crippen LogP contribution in [0.5, 0.6) is 0 Å². The number of amides is 1. The molecule has 0 aliphatic carbocycles. The fourth-order valence-electron chi connectivity index (χ4n) is 3.57. The lowest BCUT2D eigenvalue weighted by molar-refractivity contribution is -0.122. The summed E-state index contributed by atoms with van der Waals surface area (Å²) in [5.74, 6) is 1.16. The van der Waals surface area contributed by atoms with E-state index in [9.17, 15) is 4.79 Å². The van der Waals surface area contributed by atoms with Gasteiger partial charge in [-0.1, -0.05) is 29.4 Å². The number of benzene rings is 1. The van der Waals surface area contributed by atoms with Crippen molar-refractivity contribution in [1.29, 1.82) is 0 Å². The maximum Gasteiger partial charge on any atom is 0.237 e. The van der Waals surface area contributed by atoms with Gasteiger partial charge in [0.25, 0.3) is 0 Å². The molecule has 1 aromatic heterocycles. The van der Waals surface area contributed by atoms with Crippen LogP contribution >= 0.6 is 12.4 Å². The predicted molar refractivity (Wildman–Crippen MR) is 111 cm³/mol. The highest BCUT2D eigenvalue weighted by atomic mass is 35.5. The first-order valence-electron chi connectivity index (χ1n) is 10.0. The van der Waals surface area contributed by atoms with Gasteiger partial charge < -0.3 is 19.9 Å². The largest absolute Gasteiger partial charge is 0.379 e. The summed E-state index contributed by atoms with van der Waals surface area (Å²) in [6.07, 6.45) is 2.48. The van der Waals surface area contributed by atoms with Gasteiger partial charge in [-0.05, 0) is 24.9 Å². The molecule has 29 heavy (non-hydrogen) atoms. The van der Waals surface area contributed by atoms with Crippen LogP contribution in [-0.2, 0) is 22.5 Å². The van der Waals surface area contributed by atoms with Crippen molar-refractivity contribution in [3.05, 3.63) is 35.7 Å². The Morgan fingerprint density at radius 2 is 2.03 bits per heavy atom. The molecule has 2 aromatic rings. The lowest BCUT2D eigenvalue weighted by Crippen LogP contribution is -2.41. The second kappa shape index (κ2) is 10.7. The van der Waals surface area contributed by atoms with Crippen LogP contribution in [0.25, 0.3) is 11.4 Å². The van der Waals surface area contributed by atoms with E-state index < -0.39 is 0 Å². The van der Waals surface area contributed by atoms with Gasteiger partial charge in [-0.3, -0.25) is 9.69 Å². The van der Waals surface area contributed by atoms with Gasteiger partial charge in [0.2, 0.25) is 17.6 Å². The number of ether oxygens (including phenoxy) is 1. The Hall–Kier alpha value is -2.00. The number of carbonyl (C=O) groups is 1. The zero-order valence-electron chi connectivity index (χ0n) is 16.4. The molecule has 1 aromatic carbocycles. The molecule has 2 aliphatic heterocycles. The van der Waals surface area contributed by atoms with Crippen LogP contribution in [0.15, 0.2) is 28.8 Å². The topological polar surface area (TPSA) is 92.5 Å². The smallest absolute Gasteiger partial charge is 0.237 e. The van der Waals surface area contributed by atoms with Crippen molar-refractivity contribution in [1.82, 2.24) is 25.7 Å². The maximum atomic E-state index is 12.0. The van der Waals surface area contributed by atoms with Crippen molar-refractivity contribution in [3.8, 4) is 11.4 Å². The summed E-state index contributed by atoms with van der Waals surface area (Å²) in [5, 5.41) is 10.2. The van der Waals surface area contributed by atoms with Gasteiger partial charge in [-0.15, -0.1) is 12.4 Å². The number of carbonyl (C=O) groups excluding carboxylic acids is 1. The molecule has 0 bridgehead atoms. The van der Waals surface area contributed by atoms with E-state index in [0.717, 1.165) is 57.8 Å². The number of rotatable bonds is 7. The quantitative estimate of drug-likeness (QED) is 0.698. The van der Waals surface area contributed by atoms with E-state index in [1.807, 2.05) is 12.1 Å². The van der Waals surface area contributed by atoms with E-state index in [-0.39, 0.29) is 24.4 Å². The molecule has 1 amide bonds. The molecular weight excluding hydrogens is 394 g/mol. The molecule has 2 saturated heterocycles. The van der Waals surface area contributed by atoms with Gasteiger partial charge in [0.1, 0.15) is 0 Å². The second-order valence-corrected chi connectivity index (χ2v) is 7.29. The molecule has 158 valence electrons. The van der Waals surface area contributed by atoms with E-state index in [0.29, 0.717) is 24.7 Å². The third-order valence-electron chi connectivity index (χ3n) is 5.21. The molecule has 2 aliphatic rings. The van der Waals surface area contributed by atoms with Crippen LogP contribution in [0.2, 0.25) is 0 Å². The normalized spacial score (nSPS) is 19.7. The van der Waals surface area contributed by atoms with E-state index in [1.165, 1.54) is 5.56 Å². The number of hydrogen-bond donors (Lipinski definition) is 2. The van der Waals surface area contributed by atoms with Gasteiger partial charge >= 0.3 is 0 Å². The summed E-state index contributed by atoms with van der Waals surface area (Å²) in [5.41, 5.74) is 2.19. The number of aromatic nitrogens is 2. The Morgan fingerprint density at radius 1 is 1.24 bits per heavy atom. The van der Waals surface area contributed by atoms with Crippen LogP contribution < -0.4 is 10.6 Å². The monoisotopic (exact) mass is 421 g/mol. The first kappa shape index (κ1) is 21.7. The van der Waals surface area contributed by atoms with Crippen molar-refractivity contribution in [2.45, 2.75) is 31.8 Å². The predicted octanol–water partition coefficient (Wildman–Crippen LogP) is 1.40. The van der Waals surface area contributed by atoms with Crippen LogP contribution in [0.3, 0.4) is 0 Å². The lowest BCUT2D eigenvalue weighted by atomic mass is 10.1. The molecule has 0 radical (unpaired) electrons. The highest BCUT2D eigenvalue weighted by Crippen LogP contribution is 2.18. The zero-order valence-corrected chi connectivity index (χ0v) is 17.2. The minimum Gasteiger partial charge on any atom is -0.379 e. The van der Waals surface area contributed by atoms with Gasteiger partial charge in [0, 0.05) is 38.2 Å². The highest BCUT2D eigenvalue weighted by molar-refractivity contribution is 5.85. The lowest BCUT2D eigenvalue weighted by Gasteiger charge is -2.26. The minimum absolute atomic E-state index is 0. The number of hydrogen-bond acceptors (Lipinski definition) is 7. The summed E-state index contributed by atoms with van der Waals surface area (Å²) < 4.78 is 10.7. The van der Waals surface area contributed by atoms with Crippen LogP contribution in [0.1, 0.15) is 24.3 Å². The zero-order chi connectivity index (χ0) is 19.2. The van der Waals surface area contributed by atoms with Gasteiger partial charge in [0.05, 0.1) is 19.3 Å². The molecular formula is C20H28ClN5O3. The molecule has 9 heteroatoms. The Balaban J connectivity index is 0.00000240. The molecule has 4 rings (SSSR count).